The van der Waals surface area contributed by atoms with Crippen molar-refractivity contribution in [1.82, 2.24) is 4.90 Å². The minimum atomic E-state index is -0.219. The molecule has 0 aromatic rings. The Kier molecular flexibility index (Phi) is 3.50. The molecule has 1 aliphatic rings. The standard InChI is InChI=1S/C11H19NO3/c1-8(4-5-13)12-9(14)6-11(2,3)7-10(12)15/h8,13H,4-7H2,1-3H3. The predicted octanol–water partition coefficient (Wildman–Crippen LogP) is 0.932. The van der Waals surface area contributed by atoms with Crippen LogP contribution in [0.4, 0.5) is 0 Å². The summed E-state index contributed by atoms with van der Waals surface area (Å²) in [6, 6.07) is -0.189. The van der Waals surface area contributed by atoms with Crippen LogP contribution in [0.15, 0.2) is 0 Å². The first-order valence-electron chi connectivity index (χ1n) is 5.33. The molecule has 4 nitrogen and oxygen atoms in total. The summed E-state index contributed by atoms with van der Waals surface area (Å²) in [6.07, 6.45) is 1.28. The zero-order valence-corrected chi connectivity index (χ0v) is 9.62. The van der Waals surface area contributed by atoms with Gasteiger partial charge in [-0.1, -0.05) is 13.8 Å². The molecule has 1 atom stereocenters. The van der Waals surface area contributed by atoms with E-state index >= 15 is 0 Å². The third-order valence-corrected chi connectivity index (χ3v) is 2.78. The van der Waals surface area contributed by atoms with Gasteiger partial charge in [-0.05, 0) is 18.8 Å². The highest BCUT2D eigenvalue weighted by molar-refractivity contribution is 5.98. The number of carbonyl (C=O) groups excluding carboxylic acids is 2. The van der Waals surface area contributed by atoms with Crippen LogP contribution in [0.25, 0.3) is 0 Å². The van der Waals surface area contributed by atoms with E-state index in [0.29, 0.717) is 19.3 Å². The van der Waals surface area contributed by atoms with Crippen molar-refractivity contribution in [1.29, 1.82) is 0 Å². The highest BCUT2D eigenvalue weighted by Gasteiger charge is 2.39. The van der Waals surface area contributed by atoms with Gasteiger partial charge in [-0.15, -0.1) is 0 Å². The molecule has 1 N–H and O–H groups in total. The molecule has 0 spiro atoms. The second-order valence-electron chi connectivity index (χ2n) is 5.04. The van der Waals surface area contributed by atoms with Crippen molar-refractivity contribution in [2.75, 3.05) is 6.61 Å². The van der Waals surface area contributed by atoms with Crippen molar-refractivity contribution >= 4 is 11.8 Å². The third kappa shape index (κ3) is 2.78. The molecular weight excluding hydrogens is 194 g/mol. The largest absolute Gasteiger partial charge is 0.396 e. The van der Waals surface area contributed by atoms with E-state index in [0.717, 1.165) is 0 Å². The second kappa shape index (κ2) is 4.31. The Hall–Kier alpha value is -0.900. The highest BCUT2D eigenvalue weighted by atomic mass is 16.3. The zero-order chi connectivity index (χ0) is 11.6. The van der Waals surface area contributed by atoms with Gasteiger partial charge in [0.2, 0.25) is 11.8 Å². The highest BCUT2D eigenvalue weighted by Crippen LogP contribution is 2.32. The van der Waals surface area contributed by atoms with Crippen molar-refractivity contribution < 1.29 is 14.7 Å². The van der Waals surface area contributed by atoms with Gasteiger partial charge in [0.15, 0.2) is 0 Å². The Morgan fingerprint density at radius 3 is 2.20 bits per heavy atom. The molecule has 0 radical (unpaired) electrons. The summed E-state index contributed by atoms with van der Waals surface area (Å²) in [7, 11) is 0. The van der Waals surface area contributed by atoms with Crippen molar-refractivity contribution in [2.45, 2.75) is 46.1 Å². The molecule has 1 fully saturated rings. The lowest BCUT2D eigenvalue weighted by Crippen LogP contribution is -2.50. The lowest BCUT2D eigenvalue weighted by molar-refractivity contribution is -0.155. The second-order valence-corrected chi connectivity index (χ2v) is 5.04. The van der Waals surface area contributed by atoms with Gasteiger partial charge < -0.3 is 5.11 Å². The quantitative estimate of drug-likeness (QED) is 0.710. The summed E-state index contributed by atoms with van der Waals surface area (Å²) >= 11 is 0. The maximum absolute atomic E-state index is 11.8. The summed E-state index contributed by atoms with van der Waals surface area (Å²) in [5.41, 5.74) is -0.219. The van der Waals surface area contributed by atoms with E-state index in [1.807, 2.05) is 13.8 Å². The number of carbonyl (C=O) groups is 2. The Labute approximate surface area is 90.3 Å². The van der Waals surface area contributed by atoms with E-state index in [2.05, 4.69) is 0 Å². The normalized spacial score (nSPS) is 23.1. The van der Waals surface area contributed by atoms with E-state index in [1.165, 1.54) is 4.90 Å². The van der Waals surface area contributed by atoms with E-state index in [9.17, 15) is 9.59 Å². The topological polar surface area (TPSA) is 57.6 Å². The molecule has 15 heavy (non-hydrogen) atoms. The Morgan fingerprint density at radius 1 is 1.33 bits per heavy atom. The van der Waals surface area contributed by atoms with Crippen molar-refractivity contribution in [3.05, 3.63) is 0 Å². The van der Waals surface area contributed by atoms with Crippen molar-refractivity contribution in [3.8, 4) is 0 Å². The van der Waals surface area contributed by atoms with Gasteiger partial charge in [0.1, 0.15) is 0 Å². The van der Waals surface area contributed by atoms with Gasteiger partial charge in [-0.2, -0.15) is 0 Å². The first-order valence-corrected chi connectivity index (χ1v) is 5.33. The zero-order valence-electron chi connectivity index (χ0n) is 9.62. The number of imide groups is 1. The van der Waals surface area contributed by atoms with Gasteiger partial charge >= 0.3 is 0 Å². The van der Waals surface area contributed by atoms with Crippen LogP contribution in [-0.2, 0) is 9.59 Å². The number of aliphatic hydroxyl groups excluding tert-OH is 1. The van der Waals surface area contributed by atoms with Crippen LogP contribution in [0.3, 0.4) is 0 Å². The molecule has 0 saturated carbocycles. The smallest absolute Gasteiger partial charge is 0.229 e. The molecule has 4 heteroatoms. The number of aliphatic hydroxyl groups is 1. The van der Waals surface area contributed by atoms with Crippen LogP contribution in [0.1, 0.15) is 40.0 Å². The first-order chi connectivity index (χ1) is 6.87. The Balaban J connectivity index is 2.75. The number of nitrogens with zero attached hydrogens (tertiary/aromatic N) is 1. The van der Waals surface area contributed by atoms with Gasteiger partial charge in [0.05, 0.1) is 0 Å². The molecule has 1 aliphatic heterocycles. The first kappa shape index (κ1) is 12.2. The summed E-state index contributed by atoms with van der Waals surface area (Å²) in [6.45, 7) is 5.65. The van der Waals surface area contributed by atoms with Crippen molar-refractivity contribution in [2.24, 2.45) is 5.41 Å². The van der Waals surface area contributed by atoms with Crippen LogP contribution in [0.2, 0.25) is 0 Å². The number of hydrogen-bond acceptors (Lipinski definition) is 3. The maximum Gasteiger partial charge on any atom is 0.229 e. The molecule has 0 aromatic carbocycles. The van der Waals surface area contributed by atoms with E-state index < -0.39 is 0 Å². The summed E-state index contributed by atoms with van der Waals surface area (Å²) in [5, 5.41) is 8.79. The molecule has 2 amide bonds. The molecule has 0 aliphatic carbocycles. The molecule has 1 unspecified atom stereocenters. The van der Waals surface area contributed by atoms with Crippen LogP contribution in [0, 0.1) is 5.41 Å². The average molecular weight is 213 g/mol. The van der Waals surface area contributed by atoms with E-state index in [4.69, 9.17) is 5.11 Å². The van der Waals surface area contributed by atoms with Gasteiger partial charge in [0, 0.05) is 25.5 Å². The third-order valence-electron chi connectivity index (χ3n) is 2.78. The maximum atomic E-state index is 11.8. The number of likely N-dealkylation sites (tertiary alicyclic amines) is 1. The molecule has 1 rings (SSSR count). The van der Waals surface area contributed by atoms with Crippen LogP contribution < -0.4 is 0 Å². The summed E-state index contributed by atoms with van der Waals surface area (Å²) in [5.74, 6) is -0.227. The van der Waals surface area contributed by atoms with Crippen LogP contribution in [0.5, 0.6) is 0 Å². The molecule has 1 heterocycles. The number of rotatable bonds is 3. The minimum Gasteiger partial charge on any atom is -0.396 e. The van der Waals surface area contributed by atoms with Crippen molar-refractivity contribution in [3.63, 3.8) is 0 Å². The van der Waals surface area contributed by atoms with Gasteiger partial charge in [-0.25, -0.2) is 0 Å². The van der Waals surface area contributed by atoms with E-state index in [-0.39, 0.29) is 29.9 Å². The molecule has 0 aromatic heterocycles. The summed E-state index contributed by atoms with van der Waals surface area (Å²) in [4.78, 5) is 24.8. The number of hydrogen-bond donors (Lipinski definition) is 1. The Morgan fingerprint density at radius 2 is 1.80 bits per heavy atom. The average Bonchev–Trinajstić information content (AvgIpc) is 1.99. The number of piperidine rings is 1. The predicted molar refractivity (Wildman–Crippen MR) is 56.0 cm³/mol. The molecular formula is C11H19NO3. The molecule has 0 bridgehead atoms. The summed E-state index contributed by atoms with van der Waals surface area (Å²) < 4.78 is 0. The van der Waals surface area contributed by atoms with Crippen LogP contribution in [-0.4, -0.2) is 34.5 Å². The monoisotopic (exact) mass is 213 g/mol. The fraction of sp³-hybridized carbons (Fsp3) is 0.818. The minimum absolute atomic E-state index is 0.00161. The molecule has 86 valence electrons. The fourth-order valence-electron chi connectivity index (χ4n) is 2.00. The SMILES string of the molecule is CC(CCO)N1C(=O)CC(C)(C)CC1=O. The fourth-order valence-corrected chi connectivity index (χ4v) is 2.00. The number of amides is 2. The van der Waals surface area contributed by atoms with Crippen LogP contribution >= 0.6 is 0 Å². The lowest BCUT2D eigenvalue weighted by Gasteiger charge is -2.37. The van der Waals surface area contributed by atoms with Gasteiger partial charge in [0.25, 0.3) is 0 Å². The Bertz CT molecular complexity index is 253. The van der Waals surface area contributed by atoms with E-state index in [1.54, 1.807) is 6.92 Å². The molecule has 1 saturated heterocycles. The van der Waals surface area contributed by atoms with Gasteiger partial charge in [-0.3, -0.25) is 14.5 Å². The lowest BCUT2D eigenvalue weighted by atomic mass is 9.81.